The third-order valence-electron chi connectivity index (χ3n) is 6.82. The van der Waals surface area contributed by atoms with Crippen molar-refractivity contribution >= 4 is 33.3 Å². The molecule has 2 saturated heterocycles. The molecule has 5 N–H and O–H groups in total. The molecule has 12 nitrogen and oxygen atoms in total. The van der Waals surface area contributed by atoms with Crippen molar-refractivity contribution in [2.24, 2.45) is 5.73 Å². The number of nitrogens with two attached hydrogens (primary N) is 2. The van der Waals surface area contributed by atoms with Gasteiger partial charge in [-0.1, -0.05) is 0 Å². The molecule has 0 aliphatic carbocycles. The van der Waals surface area contributed by atoms with Gasteiger partial charge in [0.05, 0.1) is 22.9 Å². The van der Waals surface area contributed by atoms with Gasteiger partial charge in [0.25, 0.3) is 5.91 Å². The maximum absolute atomic E-state index is 13.0. The molecule has 3 atom stereocenters. The van der Waals surface area contributed by atoms with Gasteiger partial charge in [-0.15, -0.1) is 0 Å². The van der Waals surface area contributed by atoms with E-state index in [4.69, 9.17) is 16.5 Å². The number of halogens is 1. The molecule has 13 heteroatoms. The van der Waals surface area contributed by atoms with Gasteiger partial charge in [0.2, 0.25) is 5.82 Å². The molecule has 4 aromatic rings. The van der Waals surface area contributed by atoms with Crippen LogP contribution in [0.25, 0.3) is 16.8 Å². The quantitative estimate of drug-likeness (QED) is 0.359. The molecule has 0 saturated carbocycles. The number of carbonyl (C=O) groups excluding carboxylic acids is 1. The topological polar surface area (TPSA) is 170 Å². The van der Waals surface area contributed by atoms with E-state index in [0.29, 0.717) is 17.3 Å². The van der Waals surface area contributed by atoms with E-state index in [1.54, 1.807) is 23.1 Å². The molecular formula is C21H22BrN11O. The predicted molar refractivity (Wildman–Crippen MR) is 125 cm³/mol. The van der Waals surface area contributed by atoms with Crippen LogP contribution in [0.15, 0.2) is 29.4 Å². The number of hydrogen-bond acceptors (Lipinski definition) is 9. The predicted octanol–water partition coefficient (Wildman–Crippen LogP) is 1.66. The zero-order valence-electron chi connectivity index (χ0n) is 18.1. The number of anilines is 1. The van der Waals surface area contributed by atoms with E-state index in [2.05, 4.69) is 46.2 Å². The summed E-state index contributed by atoms with van der Waals surface area (Å²) >= 11 is 3.67. The summed E-state index contributed by atoms with van der Waals surface area (Å²) in [5, 5.41) is 11.0. The Morgan fingerprint density at radius 1 is 1.15 bits per heavy atom. The van der Waals surface area contributed by atoms with Gasteiger partial charge in [-0.2, -0.15) is 14.7 Å². The second kappa shape index (κ2) is 8.09. The van der Waals surface area contributed by atoms with Crippen LogP contribution in [0.1, 0.15) is 53.7 Å². The molecule has 0 radical (unpaired) electrons. The summed E-state index contributed by atoms with van der Waals surface area (Å²) < 4.78 is 2.36. The number of piperidine rings is 1. The number of fused-ring (bicyclic) bond motifs is 3. The highest BCUT2D eigenvalue weighted by atomic mass is 79.9. The Balaban J connectivity index is 1.35. The first-order valence-corrected chi connectivity index (χ1v) is 11.9. The first-order chi connectivity index (χ1) is 16.5. The molecule has 2 bridgehead atoms. The van der Waals surface area contributed by atoms with Gasteiger partial charge in [0, 0.05) is 41.5 Å². The number of nitrogens with one attached hydrogen (secondary N) is 1. The molecule has 1 amide bonds. The van der Waals surface area contributed by atoms with Crippen molar-refractivity contribution in [3.63, 3.8) is 0 Å². The van der Waals surface area contributed by atoms with Crippen molar-refractivity contribution in [2.75, 3.05) is 5.73 Å². The van der Waals surface area contributed by atoms with Crippen LogP contribution in [0, 0.1) is 0 Å². The van der Waals surface area contributed by atoms with Crippen molar-refractivity contribution < 1.29 is 4.79 Å². The van der Waals surface area contributed by atoms with Crippen LogP contribution in [0.4, 0.5) is 5.82 Å². The highest BCUT2D eigenvalue weighted by molar-refractivity contribution is 9.10. The van der Waals surface area contributed by atoms with E-state index in [1.807, 2.05) is 4.90 Å². The van der Waals surface area contributed by atoms with Gasteiger partial charge >= 0.3 is 0 Å². The maximum atomic E-state index is 13.0. The number of aromatic nitrogens is 8. The van der Waals surface area contributed by atoms with Crippen molar-refractivity contribution in [1.29, 1.82) is 0 Å². The van der Waals surface area contributed by atoms with Crippen LogP contribution in [-0.2, 0) is 6.54 Å². The van der Waals surface area contributed by atoms with E-state index in [0.717, 1.165) is 47.0 Å². The summed E-state index contributed by atoms with van der Waals surface area (Å²) in [6.07, 6.45) is 10.0. The number of carbonyl (C=O) groups is 1. The first kappa shape index (κ1) is 21.1. The molecule has 0 spiro atoms. The van der Waals surface area contributed by atoms with Gasteiger partial charge in [-0.3, -0.25) is 9.89 Å². The summed E-state index contributed by atoms with van der Waals surface area (Å²) in [6, 6.07) is 0.239. The van der Waals surface area contributed by atoms with Gasteiger partial charge in [-0.25, -0.2) is 19.9 Å². The van der Waals surface area contributed by atoms with Gasteiger partial charge in [-0.05, 0) is 41.6 Å². The Labute approximate surface area is 202 Å². The molecule has 6 heterocycles. The number of hydrogen-bond donors (Lipinski definition) is 3. The first-order valence-electron chi connectivity index (χ1n) is 11.1. The number of H-pyrrole nitrogens is 1. The highest BCUT2D eigenvalue weighted by Crippen LogP contribution is 2.45. The molecule has 6 rings (SSSR count). The van der Waals surface area contributed by atoms with Crippen molar-refractivity contribution in [2.45, 2.75) is 50.2 Å². The van der Waals surface area contributed by atoms with E-state index < -0.39 is 0 Å². The van der Waals surface area contributed by atoms with Crippen LogP contribution >= 0.6 is 15.9 Å². The number of amides is 1. The molecule has 2 aliphatic heterocycles. The Hall–Kier alpha value is -3.45. The Morgan fingerprint density at radius 3 is 2.53 bits per heavy atom. The second-order valence-electron chi connectivity index (χ2n) is 8.68. The lowest BCUT2D eigenvalue weighted by Gasteiger charge is -2.38. The van der Waals surface area contributed by atoms with Gasteiger partial charge in [0.1, 0.15) is 18.0 Å². The fourth-order valence-corrected chi connectivity index (χ4v) is 5.83. The summed E-state index contributed by atoms with van der Waals surface area (Å²) in [4.78, 5) is 32.6. The van der Waals surface area contributed by atoms with Crippen LogP contribution in [0.3, 0.4) is 0 Å². The van der Waals surface area contributed by atoms with Gasteiger partial charge in [0.15, 0.2) is 5.65 Å². The molecule has 2 aliphatic rings. The van der Waals surface area contributed by atoms with E-state index >= 15 is 0 Å². The van der Waals surface area contributed by atoms with Crippen LogP contribution in [0.2, 0.25) is 0 Å². The largest absolute Gasteiger partial charge is 0.383 e. The summed E-state index contributed by atoms with van der Waals surface area (Å²) in [7, 11) is 0. The van der Waals surface area contributed by atoms with Gasteiger partial charge < -0.3 is 16.4 Å². The maximum Gasteiger partial charge on any atom is 0.291 e. The van der Waals surface area contributed by atoms with Crippen molar-refractivity contribution in [1.82, 2.24) is 44.6 Å². The number of aromatic amines is 1. The summed E-state index contributed by atoms with van der Waals surface area (Å²) in [6.45, 7) is 0.275. The Kier molecular flexibility index (Phi) is 5.03. The van der Waals surface area contributed by atoms with Crippen LogP contribution in [-0.4, -0.2) is 62.6 Å². The highest BCUT2D eigenvalue weighted by Gasteiger charge is 2.45. The average Bonchev–Trinajstić information content (AvgIpc) is 3.59. The molecule has 0 aromatic carbocycles. The minimum atomic E-state index is -0.0931. The Bertz CT molecular complexity index is 1350. The molecule has 4 aromatic heterocycles. The Morgan fingerprint density at radius 2 is 1.88 bits per heavy atom. The second-order valence-corrected chi connectivity index (χ2v) is 9.47. The average molecular weight is 524 g/mol. The van der Waals surface area contributed by atoms with Crippen LogP contribution < -0.4 is 11.5 Å². The smallest absolute Gasteiger partial charge is 0.291 e. The molecule has 2 fully saturated rings. The minimum Gasteiger partial charge on any atom is -0.383 e. The van der Waals surface area contributed by atoms with Crippen LogP contribution in [0.5, 0.6) is 0 Å². The molecule has 174 valence electrons. The standard InChI is InChI=1S/C21H22BrN11O/c22-16-17(10-3-12-1-2-13(4-10)32(12)21(34)19-27-9-28-31-19)30-20-14(8-29-33(20)18(16)24)11-6-25-15(5-23)26-7-11/h6-10,12-13H,1-5,23-24H2,(H,27,28,31)/t10?,12-,13+. The van der Waals surface area contributed by atoms with E-state index in [1.165, 1.54) is 6.33 Å². The third kappa shape index (κ3) is 3.26. The lowest BCUT2D eigenvalue weighted by atomic mass is 9.87. The summed E-state index contributed by atoms with van der Waals surface area (Å²) in [5.41, 5.74) is 15.2. The zero-order chi connectivity index (χ0) is 23.4. The van der Waals surface area contributed by atoms with Crippen molar-refractivity contribution in [3.05, 3.63) is 46.7 Å². The molecule has 34 heavy (non-hydrogen) atoms. The normalized spacial score (nSPS) is 21.9. The number of nitrogen functional groups attached to an aromatic ring is 1. The van der Waals surface area contributed by atoms with E-state index in [-0.39, 0.29) is 36.3 Å². The van der Waals surface area contributed by atoms with E-state index in [9.17, 15) is 4.79 Å². The third-order valence-corrected chi connectivity index (χ3v) is 7.63. The lowest BCUT2D eigenvalue weighted by molar-refractivity contribution is 0.0557. The fourth-order valence-electron chi connectivity index (χ4n) is 5.25. The number of rotatable bonds is 4. The fraction of sp³-hybridized carbons (Fsp3) is 0.381. The SMILES string of the molecule is NCc1ncc(-c2cnn3c(N)c(Br)c(C4C[C@H]5CC[C@@H](C4)N5C(=O)c4ncn[nH]4)nc23)cn1. The lowest BCUT2D eigenvalue weighted by Crippen LogP contribution is -2.46. The monoisotopic (exact) mass is 523 g/mol. The molecule has 1 unspecified atom stereocenters. The number of nitrogens with zero attached hydrogens (tertiary/aromatic N) is 8. The zero-order valence-corrected chi connectivity index (χ0v) is 19.7. The van der Waals surface area contributed by atoms with Crippen molar-refractivity contribution in [3.8, 4) is 11.1 Å². The molecular weight excluding hydrogens is 502 g/mol. The summed E-state index contributed by atoms with van der Waals surface area (Å²) in [5.74, 6) is 1.39. The minimum absolute atomic E-state index is 0.0931.